The van der Waals surface area contributed by atoms with Crippen molar-refractivity contribution < 1.29 is 38.6 Å². The molecular weight excluding hydrogens is 352 g/mol. The summed E-state index contributed by atoms with van der Waals surface area (Å²) in [5.41, 5.74) is 0.481. The molecule has 0 saturated carbocycles. The zero-order valence-corrected chi connectivity index (χ0v) is 13.8. The van der Waals surface area contributed by atoms with Gasteiger partial charge in [0.25, 0.3) is 0 Å². The maximum absolute atomic E-state index is 11.5. The quantitative estimate of drug-likeness (QED) is 0.281. The monoisotopic (exact) mass is 371 g/mol. The van der Waals surface area contributed by atoms with Crippen LogP contribution in [0.1, 0.15) is 5.69 Å². The van der Waals surface area contributed by atoms with Crippen molar-refractivity contribution in [2.24, 2.45) is 0 Å². The van der Waals surface area contributed by atoms with Gasteiger partial charge in [-0.25, -0.2) is 4.98 Å². The number of imidazole rings is 1. The molecule has 6 N–H and O–H groups in total. The minimum atomic E-state index is -4.37. The lowest BCUT2D eigenvalue weighted by Crippen LogP contribution is -2.45. The lowest BCUT2D eigenvalue weighted by molar-refractivity contribution is -0.143. The van der Waals surface area contributed by atoms with E-state index in [9.17, 15) is 19.0 Å². The molecule has 0 bridgehead atoms. The first-order valence-corrected chi connectivity index (χ1v) is 10.1. The molecule has 0 aliphatic carbocycles. The van der Waals surface area contributed by atoms with Crippen LogP contribution in [0.15, 0.2) is 12.5 Å². The van der Waals surface area contributed by atoms with Crippen LogP contribution in [0.3, 0.4) is 0 Å². The summed E-state index contributed by atoms with van der Waals surface area (Å²) >= 11 is 0. The average molecular weight is 371 g/mol. The van der Waals surface area contributed by atoms with Crippen LogP contribution in [0.25, 0.3) is 0 Å². The summed E-state index contributed by atoms with van der Waals surface area (Å²) in [6, 6.07) is -1.20. The van der Waals surface area contributed by atoms with Gasteiger partial charge in [0, 0.05) is 31.4 Å². The average Bonchev–Trinajstić information content (AvgIpc) is 2.87. The van der Waals surface area contributed by atoms with Gasteiger partial charge in [-0.2, -0.15) is 0 Å². The van der Waals surface area contributed by atoms with E-state index in [-0.39, 0.29) is 19.5 Å². The minimum absolute atomic E-state index is 0.0440. The van der Waals surface area contributed by atoms with E-state index in [0.29, 0.717) is 5.69 Å². The number of carbonyl (C=O) groups is 1. The highest BCUT2D eigenvalue weighted by Crippen LogP contribution is 2.36. The Labute approximate surface area is 131 Å². The van der Waals surface area contributed by atoms with E-state index in [1.807, 2.05) is 0 Å². The lowest BCUT2D eigenvalue weighted by atomic mass is 10.1. The molecule has 0 aliphatic heterocycles. The molecule has 0 aromatic carbocycles. The highest BCUT2D eigenvalue weighted by atomic mass is 31.2. The standard InChI is InChI=1S/C10H19N3O8P2/c14-10(15)9(5-8-6-11-7-12-8)13(1-3-22(16,17)18)2-4-23(19,20)21/h6-7,9H,1-5H2,(H,11,12)(H,14,15)(H2,16,17,18)(H2,19,20,21). The van der Waals surface area contributed by atoms with E-state index >= 15 is 0 Å². The number of hydrogen-bond donors (Lipinski definition) is 6. The van der Waals surface area contributed by atoms with Gasteiger partial charge in [0.15, 0.2) is 0 Å². The normalized spacial score (nSPS) is 14.1. The molecule has 0 radical (unpaired) electrons. The summed E-state index contributed by atoms with van der Waals surface area (Å²) in [6.07, 6.45) is 1.49. The molecule has 1 atom stereocenters. The SMILES string of the molecule is O=C(O)C(Cc1cnc[nH]1)N(CCP(=O)(O)O)CCP(=O)(O)O. The number of nitrogens with zero attached hydrogens (tertiary/aromatic N) is 2. The van der Waals surface area contributed by atoms with E-state index in [2.05, 4.69) is 9.97 Å². The summed E-state index contributed by atoms with van der Waals surface area (Å²) in [4.78, 5) is 54.8. The van der Waals surface area contributed by atoms with Crippen LogP contribution < -0.4 is 0 Å². The van der Waals surface area contributed by atoms with Crippen molar-refractivity contribution in [3.8, 4) is 0 Å². The van der Waals surface area contributed by atoms with Gasteiger partial charge >= 0.3 is 21.2 Å². The number of rotatable bonds is 10. The van der Waals surface area contributed by atoms with E-state index in [1.54, 1.807) is 0 Å². The Balaban J connectivity index is 2.88. The molecule has 1 rings (SSSR count). The van der Waals surface area contributed by atoms with Crippen molar-refractivity contribution in [1.82, 2.24) is 14.9 Å². The molecule has 11 nitrogen and oxygen atoms in total. The van der Waals surface area contributed by atoms with Crippen molar-refractivity contribution >= 4 is 21.2 Å². The molecule has 0 saturated heterocycles. The van der Waals surface area contributed by atoms with Gasteiger partial charge in [-0.1, -0.05) is 0 Å². The van der Waals surface area contributed by atoms with E-state index in [4.69, 9.17) is 19.6 Å². The van der Waals surface area contributed by atoms with Gasteiger partial charge in [-0.3, -0.25) is 18.8 Å². The van der Waals surface area contributed by atoms with E-state index in [0.717, 1.165) is 4.90 Å². The van der Waals surface area contributed by atoms with Gasteiger partial charge < -0.3 is 29.7 Å². The molecule has 0 spiro atoms. The van der Waals surface area contributed by atoms with Crippen molar-refractivity contribution in [3.63, 3.8) is 0 Å². The molecular formula is C10H19N3O8P2. The van der Waals surface area contributed by atoms with Gasteiger partial charge in [0.1, 0.15) is 6.04 Å². The molecule has 13 heteroatoms. The molecule has 0 aliphatic rings. The number of nitrogens with one attached hydrogen (secondary N) is 1. The van der Waals surface area contributed by atoms with Crippen LogP contribution >= 0.6 is 15.2 Å². The predicted octanol–water partition coefficient (Wildman–Crippen LogP) is -0.937. The number of aromatic amines is 1. The largest absolute Gasteiger partial charge is 0.480 e. The van der Waals surface area contributed by atoms with Gasteiger partial charge in [0.2, 0.25) is 0 Å². The van der Waals surface area contributed by atoms with Crippen LogP contribution in [0.4, 0.5) is 0 Å². The van der Waals surface area contributed by atoms with E-state index in [1.165, 1.54) is 12.5 Å². The van der Waals surface area contributed by atoms with Gasteiger partial charge in [-0.15, -0.1) is 0 Å². The number of carboxylic acids is 1. The molecule has 0 fully saturated rings. The summed E-state index contributed by atoms with van der Waals surface area (Å²) in [6.45, 7) is -0.620. The first-order chi connectivity index (χ1) is 10.5. The number of hydrogen-bond acceptors (Lipinski definition) is 5. The molecule has 1 unspecified atom stereocenters. The van der Waals surface area contributed by atoms with Crippen LogP contribution in [-0.4, -0.2) is 77.0 Å². The third kappa shape index (κ3) is 8.38. The third-order valence-electron chi connectivity index (χ3n) is 3.05. The van der Waals surface area contributed by atoms with Crippen LogP contribution in [-0.2, 0) is 20.3 Å². The first kappa shape index (κ1) is 20.0. The molecule has 132 valence electrons. The Hall–Kier alpha value is -1.06. The minimum Gasteiger partial charge on any atom is -0.480 e. The zero-order valence-electron chi connectivity index (χ0n) is 12.0. The van der Waals surface area contributed by atoms with Crippen molar-refractivity contribution in [1.29, 1.82) is 0 Å². The predicted molar refractivity (Wildman–Crippen MR) is 79.1 cm³/mol. The number of carboxylic acid groups (broad SMARTS) is 1. The summed E-state index contributed by atoms with van der Waals surface area (Å²) in [5.74, 6) is -1.27. The Kier molecular flexibility index (Phi) is 7.09. The highest BCUT2D eigenvalue weighted by molar-refractivity contribution is 7.52. The second-order valence-electron chi connectivity index (χ2n) is 4.95. The van der Waals surface area contributed by atoms with Gasteiger partial charge in [-0.05, 0) is 0 Å². The molecule has 1 aromatic rings. The zero-order chi connectivity index (χ0) is 17.7. The van der Waals surface area contributed by atoms with Crippen LogP contribution in [0.2, 0.25) is 0 Å². The number of H-pyrrole nitrogens is 1. The Morgan fingerprint density at radius 2 is 1.70 bits per heavy atom. The Morgan fingerprint density at radius 1 is 1.17 bits per heavy atom. The number of aliphatic carboxylic acids is 1. The Morgan fingerprint density at radius 3 is 2.04 bits per heavy atom. The summed E-state index contributed by atoms with van der Waals surface area (Å²) in [5, 5.41) is 9.34. The molecule has 1 heterocycles. The van der Waals surface area contributed by atoms with Crippen molar-refractivity contribution in [3.05, 3.63) is 18.2 Å². The summed E-state index contributed by atoms with van der Waals surface area (Å²) < 4.78 is 22.0. The fourth-order valence-electron chi connectivity index (χ4n) is 1.92. The molecule has 23 heavy (non-hydrogen) atoms. The van der Waals surface area contributed by atoms with Crippen molar-refractivity contribution in [2.75, 3.05) is 25.4 Å². The fraction of sp³-hybridized carbons (Fsp3) is 0.600. The molecule has 1 aromatic heterocycles. The highest BCUT2D eigenvalue weighted by Gasteiger charge is 2.29. The Bertz CT molecular complexity index is 569. The number of aromatic nitrogens is 2. The van der Waals surface area contributed by atoms with Crippen molar-refractivity contribution in [2.45, 2.75) is 12.5 Å². The second-order valence-corrected chi connectivity index (χ2v) is 8.50. The smallest absolute Gasteiger partial charge is 0.326 e. The van der Waals surface area contributed by atoms with Crippen LogP contribution in [0.5, 0.6) is 0 Å². The topological polar surface area (TPSA) is 184 Å². The fourth-order valence-corrected chi connectivity index (χ4v) is 2.95. The summed E-state index contributed by atoms with van der Waals surface area (Å²) in [7, 11) is -8.75. The first-order valence-electron chi connectivity index (χ1n) is 6.51. The van der Waals surface area contributed by atoms with Crippen LogP contribution in [0, 0.1) is 0 Å². The van der Waals surface area contributed by atoms with Gasteiger partial charge in [0.05, 0.1) is 18.7 Å². The van der Waals surface area contributed by atoms with E-state index < -0.39 is 39.5 Å². The maximum Gasteiger partial charge on any atom is 0.326 e. The third-order valence-corrected chi connectivity index (χ3v) is 4.62. The maximum atomic E-state index is 11.5. The lowest BCUT2D eigenvalue weighted by Gasteiger charge is -2.28. The second kappa shape index (κ2) is 8.16. The molecule has 0 amide bonds.